The van der Waals surface area contributed by atoms with Gasteiger partial charge in [0, 0.05) is 11.0 Å². The maximum atomic E-state index is 13.7. The van der Waals surface area contributed by atoms with Crippen molar-refractivity contribution < 1.29 is 50.1 Å². The number of hydrogen-bond donors (Lipinski definition) is 0. The van der Waals surface area contributed by atoms with E-state index in [4.69, 9.17) is 4.74 Å². The van der Waals surface area contributed by atoms with Crippen molar-refractivity contribution in [2.75, 3.05) is 19.8 Å². The number of rotatable bonds is 8. The lowest BCUT2D eigenvalue weighted by Gasteiger charge is -2.56. The third kappa shape index (κ3) is 4.63. The number of halogens is 6. The Morgan fingerprint density at radius 2 is 1.34 bits per heavy atom. The van der Waals surface area contributed by atoms with Crippen LogP contribution in [-0.2, 0) is 23.8 Å². The van der Waals surface area contributed by atoms with Gasteiger partial charge in [-0.15, -0.1) is 0 Å². The van der Waals surface area contributed by atoms with Gasteiger partial charge >= 0.3 is 29.9 Å². The maximum absolute atomic E-state index is 13.7. The van der Waals surface area contributed by atoms with Crippen LogP contribution in [-0.4, -0.2) is 49.7 Å². The molecule has 5 nitrogen and oxygen atoms in total. The summed E-state index contributed by atoms with van der Waals surface area (Å²) in [5.41, 5.74) is -5.85. The average molecular weight is 472 g/mol. The largest absolute Gasteiger partial charge is 0.462 e. The van der Waals surface area contributed by atoms with E-state index < -0.39 is 55.1 Å². The Hall–Kier alpha value is -1.78. The molecule has 182 valence electrons. The summed E-state index contributed by atoms with van der Waals surface area (Å²) in [6.45, 7) is 1.75. The van der Waals surface area contributed by atoms with Gasteiger partial charge in [-0.25, -0.2) is 9.59 Å². The first-order valence-electron chi connectivity index (χ1n) is 10.5. The first kappa shape index (κ1) is 24.9. The van der Waals surface area contributed by atoms with Crippen LogP contribution in [0.1, 0.15) is 45.4 Å². The molecule has 4 saturated carbocycles. The Labute approximate surface area is 181 Å². The van der Waals surface area contributed by atoms with E-state index in [1.54, 1.807) is 0 Å². The molecule has 0 aliphatic heterocycles. The molecule has 4 rings (SSSR count). The van der Waals surface area contributed by atoms with Crippen LogP contribution in [0.5, 0.6) is 0 Å². The van der Waals surface area contributed by atoms with Crippen molar-refractivity contribution in [1.82, 2.24) is 0 Å². The standard InChI is InChI=1S/C21H26F6O5/c1-12(2)16(28)30-3-4-32-19(20(22,23)24,21(25,26)27)17(29)31-11-18-8-13-5-14(9-18)7-15(6-13)10-18/h13-15H,1,3-11H2,2H3. The zero-order valence-electron chi connectivity index (χ0n) is 17.6. The van der Waals surface area contributed by atoms with Gasteiger partial charge in [0.05, 0.1) is 13.2 Å². The van der Waals surface area contributed by atoms with Gasteiger partial charge in [-0.3, -0.25) is 0 Å². The molecule has 0 unspecified atom stereocenters. The lowest BCUT2D eigenvalue weighted by molar-refractivity contribution is -0.370. The van der Waals surface area contributed by atoms with Crippen molar-refractivity contribution >= 4 is 11.9 Å². The van der Waals surface area contributed by atoms with Crippen LogP contribution in [0.25, 0.3) is 0 Å². The average Bonchev–Trinajstić information content (AvgIpc) is 2.62. The summed E-state index contributed by atoms with van der Waals surface area (Å²) >= 11 is 0. The van der Waals surface area contributed by atoms with E-state index in [2.05, 4.69) is 16.1 Å². The van der Waals surface area contributed by atoms with E-state index in [-0.39, 0.29) is 5.57 Å². The SMILES string of the molecule is C=C(C)C(=O)OCCOC(C(=O)OCC12CC3CC(CC(C3)C1)C2)(C(F)(F)F)C(F)(F)F. The second-order valence-electron chi connectivity index (χ2n) is 9.44. The molecule has 0 radical (unpaired) electrons. The van der Waals surface area contributed by atoms with Gasteiger partial charge in [0.2, 0.25) is 0 Å². The van der Waals surface area contributed by atoms with Crippen molar-refractivity contribution in [2.24, 2.45) is 23.2 Å². The fraction of sp³-hybridized carbons (Fsp3) is 0.810. The van der Waals surface area contributed by atoms with Gasteiger partial charge in [-0.2, -0.15) is 26.3 Å². The van der Waals surface area contributed by atoms with Crippen molar-refractivity contribution in [3.63, 3.8) is 0 Å². The van der Waals surface area contributed by atoms with Crippen molar-refractivity contribution in [2.45, 2.75) is 63.4 Å². The van der Waals surface area contributed by atoms with Crippen molar-refractivity contribution in [3.8, 4) is 0 Å². The first-order valence-corrected chi connectivity index (χ1v) is 10.5. The molecule has 32 heavy (non-hydrogen) atoms. The third-order valence-electron chi connectivity index (χ3n) is 6.74. The molecule has 0 amide bonds. The minimum absolute atomic E-state index is 0.0992. The van der Waals surface area contributed by atoms with Gasteiger partial charge in [0.25, 0.3) is 0 Å². The van der Waals surface area contributed by atoms with Crippen LogP contribution in [0.3, 0.4) is 0 Å². The Morgan fingerprint density at radius 3 is 1.75 bits per heavy atom. The molecule has 0 aromatic carbocycles. The number of alkyl halides is 6. The van der Waals surface area contributed by atoms with Crippen LogP contribution < -0.4 is 0 Å². The van der Waals surface area contributed by atoms with E-state index >= 15 is 0 Å². The lowest BCUT2D eigenvalue weighted by Crippen LogP contribution is -2.65. The second kappa shape index (κ2) is 8.53. The topological polar surface area (TPSA) is 61.8 Å². The second-order valence-corrected chi connectivity index (χ2v) is 9.44. The monoisotopic (exact) mass is 472 g/mol. The minimum Gasteiger partial charge on any atom is -0.462 e. The fourth-order valence-corrected chi connectivity index (χ4v) is 5.85. The van der Waals surface area contributed by atoms with Gasteiger partial charge in [-0.1, -0.05) is 6.58 Å². The summed E-state index contributed by atoms with van der Waals surface area (Å²) in [6, 6.07) is 0. The molecule has 0 atom stereocenters. The highest BCUT2D eigenvalue weighted by atomic mass is 19.4. The first-order chi connectivity index (χ1) is 14.7. The molecule has 0 spiro atoms. The number of esters is 2. The van der Waals surface area contributed by atoms with Gasteiger partial charge in [0.1, 0.15) is 6.61 Å². The molecular formula is C21H26F6O5. The lowest BCUT2D eigenvalue weighted by atomic mass is 9.50. The summed E-state index contributed by atoms with van der Waals surface area (Å²) in [4.78, 5) is 23.7. The molecule has 4 bridgehead atoms. The fourth-order valence-electron chi connectivity index (χ4n) is 5.85. The van der Waals surface area contributed by atoms with Crippen LogP contribution in [0.2, 0.25) is 0 Å². The smallest absolute Gasteiger partial charge is 0.437 e. The van der Waals surface area contributed by atoms with Crippen LogP contribution in [0, 0.1) is 23.2 Å². The van der Waals surface area contributed by atoms with Crippen LogP contribution in [0.4, 0.5) is 26.3 Å². The normalized spacial score (nSPS) is 29.7. The molecule has 11 heteroatoms. The van der Waals surface area contributed by atoms with Crippen molar-refractivity contribution in [3.05, 3.63) is 12.2 Å². The highest BCUT2D eigenvalue weighted by Gasteiger charge is 2.78. The van der Waals surface area contributed by atoms with E-state index in [1.165, 1.54) is 6.92 Å². The quantitative estimate of drug-likeness (QED) is 0.221. The summed E-state index contributed by atoms with van der Waals surface area (Å²) in [5.74, 6) is -2.44. The van der Waals surface area contributed by atoms with E-state index in [0.29, 0.717) is 37.0 Å². The third-order valence-corrected chi connectivity index (χ3v) is 6.74. The highest BCUT2D eigenvalue weighted by Crippen LogP contribution is 2.60. The zero-order valence-corrected chi connectivity index (χ0v) is 17.6. The maximum Gasteiger partial charge on any atom is 0.437 e. The Balaban J connectivity index is 1.73. The van der Waals surface area contributed by atoms with Gasteiger partial charge in [0.15, 0.2) is 0 Å². The summed E-state index contributed by atoms with van der Waals surface area (Å²) in [7, 11) is 0. The molecule has 0 aromatic rings. The van der Waals surface area contributed by atoms with E-state index in [1.807, 2.05) is 0 Å². The minimum atomic E-state index is -6.14. The molecule has 4 aliphatic rings. The number of carbonyl (C=O) groups excluding carboxylic acids is 2. The number of carbonyl (C=O) groups is 2. The van der Waals surface area contributed by atoms with Crippen molar-refractivity contribution in [1.29, 1.82) is 0 Å². The summed E-state index contributed by atoms with van der Waals surface area (Å²) in [6.07, 6.45) is -7.35. The molecule has 4 aliphatic carbocycles. The van der Waals surface area contributed by atoms with Gasteiger partial charge < -0.3 is 14.2 Å². The Morgan fingerprint density at radius 1 is 0.875 bits per heavy atom. The van der Waals surface area contributed by atoms with Crippen LogP contribution >= 0.6 is 0 Å². The molecule has 0 aromatic heterocycles. The zero-order chi connectivity index (χ0) is 23.9. The predicted octanol–water partition coefficient (Wildman–Crippen LogP) is 4.75. The number of hydrogen-bond acceptors (Lipinski definition) is 5. The molecule has 0 heterocycles. The summed E-state index contributed by atoms with van der Waals surface area (Å²) in [5, 5.41) is 0. The van der Waals surface area contributed by atoms with E-state index in [9.17, 15) is 35.9 Å². The summed E-state index contributed by atoms with van der Waals surface area (Å²) < 4.78 is 95.2. The Kier molecular flexibility index (Phi) is 6.63. The van der Waals surface area contributed by atoms with Crippen LogP contribution in [0.15, 0.2) is 12.2 Å². The molecular weight excluding hydrogens is 446 g/mol. The molecule has 0 saturated heterocycles. The number of ether oxygens (including phenoxy) is 3. The van der Waals surface area contributed by atoms with Gasteiger partial charge in [-0.05, 0) is 63.2 Å². The van der Waals surface area contributed by atoms with E-state index in [0.717, 1.165) is 19.3 Å². The molecule has 4 fully saturated rings. The molecule has 0 N–H and O–H groups in total. The Bertz CT molecular complexity index is 707. The predicted molar refractivity (Wildman–Crippen MR) is 98.1 cm³/mol. The highest BCUT2D eigenvalue weighted by molar-refractivity contribution is 5.86.